The second-order valence-corrected chi connectivity index (χ2v) is 3.30. The van der Waals surface area contributed by atoms with Crippen molar-refractivity contribution < 1.29 is 9.15 Å². The number of fused-ring (bicyclic) bond motifs is 1. The summed E-state index contributed by atoms with van der Waals surface area (Å²) in [6.07, 6.45) is 2.20. The molecule has 1 heterocycles. The maximum absolute atomic E-state index is 5.53. The molecule has 0 unspecified atom stereocenters. The summed E-state index contributed by atoms with van der Waals surface area (Å²) in [6, 6.07) is 9.83. The van der Waals surface area contributed by atoms with Crippen molar-refractivity contribution in [3.05, 3.63) is 30.3 Å². The number of unbranched alkanes of at least 4 members (excludes halogenated alkanes) is 1. The molecular weight excluding hydrogens is 176 g/mol. The number of rotatable bonds is 4. The molecule has 0 spiro atoms. The summed E-state index contributed by atoms with van der Waals surface area (Å²) in [5.74, 6) is 1.50. The molecular formula is C12H14O2. The highest BCUT2D eigenvalue weighted by Crippen LogP contribution is 2.27. The van der Waals surface area contributed by atoms with Gasteiger partial charge in [0, 0.05) is 11.6 Å². The molecule has 1 aliphatic carbocycles. The summed E-state index contributed by atoms with van der Waals surface area (Å²) in [5, 5.41) is 0. The van der Waals surface area contributed by atoms with Crippen LogP contribution in [0.15, 0.2) is 34.7 Å². The average molecular weight is 190 g/mol. The maximum atomic E-state index is 5.53. The summed E-state index contributed by atoms with van der Waals surface area (Å²) < 4.78 is 11.0. The van der Waals surface area contributed by atoms with E-state index in [1.165, 1.54) is 0 Å². The lowest BCUT2D eigenvalue weighted by Crippen LogP contribution is -1.96. The van der Waals surface area contributed by atoms with E-state index in [1.807, 2.05) is 30.3 Å². The fourth-order valence-electron chi connectivity index (χ4n) is 1.34. The quantitative estimate of drug-likeness (QED) is 0.688. The lowest BCUT2D eigenvalue weighted by atomic mass is 10.3. The van der Waals surface area contributed by atoms with E-state index in [-0.39, 0.29) is 0 Å². The molecule has 0 saturated heterocycles. The molecule has 0 radical (unpaired) electrons. The molecule has 0 saturated carbocycles. The second-order valence-electron chi connectivity index (χ2n) is 3.30. The Bertz CT molecular complexity index is 365. The van der Waals surface area contributed by atoms with E-state index in [4.69, 9.17) is 9.15 Å². The van der Waals surface area contributed by atoms with Crippen LogP contribution in [-0.4, -0.2) is 6.61 Å². The molecule has 0 aromatic heterocycles. The minimum atomic E-state index is 0.608. The lowest BCUT2D eigenvalue weighted by molar-refractivity contribution is 0.236. The van der Waals surface area contributed by atoms with Gasteiger partial charge in [-0.3, -0.25) is 0 Å². The standard InChI is InChI=1S/C12H14O2/c1-2-3-9-13-12-8-7-10-5-4-6-11(10)14-12/h4-8H,2-3,9H2,1H3. The van der Waals surface area contributed by atoms with Crippen LogP contribution in [-0.2, 0) is 0 Å². The first-order valence-corrected chi connectivity index (χ1v) is 5.01. The van der Waals surface area contributed by atoms with Gasteiger partial charge in [-0.2, -0.15) is 0 Å². The van der Waals surface area contributed by atoms with Crippen molar-refractivity contribution in [3.63, 3.8) is 0 Å². The lowest BCUT2D eigenvalue weighted by Gasteiger charge is -2.05. The first-order chi connectivity index (χ1) is 6.90. The van der Waals surface area contributed by atoms with Crippen molar-refractivity contribution in [2.24, 2.45) is 0 Å². The zero-order valence-electron chi connectivity index (χ0n) is 8.32. The SMILES string of the molecule is CCCCOc1ccc2cccc-2o1. The normalized spacial score (nSPS) is 10.6. The zero-order valence-corrected chi connectivity index (χ0v) is 8.32. The predicted molar refractivity (Wildman–Crippen MR) is 55.7 cm³/mol. The summed E-state index contributed by atoms with van der Waals surface area (Å²) in [5.41, 5.74) is 1.12. The van der Waals surface area contributed by atoms with Gasteiger partial charge < -0.3 is 9.15 Å². The van der Waals surface area contributed by atoms with Gasteiger partial charge in [0.25, 0.3) is 5.95 Å². The van der Waals surface area contributed by atoms with Crippen molar-refractivity contribution in [3.8, 4) is 17.3 Å². The maximum Gasteiger partial charge on any atom is 0.284 e. The van der Waals surface area contributed by atoms with Gasteiger partial charge in [0.2, 0.25) is 0 Å². The van der Waals surface area contributed by atoms with Crippen LogP contribution in [0.5, 0.6) is 5.95 Å². The van der Waals surface area contributed by atoms with Crippen LogP contribution >= 0.6 is 0 Å². The van der Waals surface area contributed by atoms with Gasteiger partial charge in [-0.05, 0) is 18.6 Å². The van der Waals surface area contributed by atoms with E-state index < -0.39 is 0 Å². The van der Waals surface area contributed by atoms with Gasteiger partial charge in [0.15, 0.2) is 0 Å². The molecule has 14 heavy (non-hydrogen) atoms. The fraction of sp³-hybridized carbons (Fsp3) is 0.333. The van der Waals surface area contributed by atoms with Gasteiger partial charge in [0.1, 0.15) is 5.76 Å². The summed E-state index contributed by atoms with van der Waals surface area (Å²) >= 11 is 0. The molecule has 0 amide bonds. The van der Waals surface area contributed by atoms with E-state index in [2.05, 4.69) is 6.92 Å². The Morgan fingerprint density at radius 1 is 1.21 bits per heavy atom. The van der Waals surface area contributed by atoms with Crippen LogP contribution < -0.4 is 4.74 Å². The first-order valence-electron chi connectivity index (χ1n) is 5.01. The smallest absolute Gasteiger partial charge is 0.284 e. The third-order valence-corrected chi connectivity index (χ3v) is 2.16. The van der Waals surface area contributed by atoms with Crippen molar-refractivity contribution in [2.45, 2.75) is 19.8 Å². The van der Waals surface area contributed by atoms with E-state index in [9.17, 15) is 0 Å². The van der Waals surface area contributed by atoms with E-state index in [0.29, 0.717) is 5.95 Å². The topological polar surface area (TPSA) is 22.4 Å². The summed E-state index contributed by atoms with van der Waals surface area (Å²) in [4.78, 5) is 0. The number of hydrogen-bond donors (Lipinski definition) is 0. The molecule has 0 N–H and O–H groups in total. The average Bonchev–Trinajstić information content (AvgIpc) is 2.65. The molecule has 0 fully saturated rings. The van der Waals surface area contributed by atoms with Crippen LogP contribution in [0, 0.1) is 0 Å². The molecule has 2 heteroatoms. The molecule has 0 atom stereocenters. The fourth-order valence-corrected chi connectivity index (χ4v) is 1.34. The van der Waals surface area contributed by atoms with Gasteiger partial charge in [-0.15, -0.1) is 0 Å². The molecule has 2 rings (SSSR count). The van der Waals surface area contributed by atoms with E-state index in [1.54, 1.807) is 0 Å². The largest absolute Gasteiger partial charge is 0.465 e. The third kappa shape index (κ3) is 1.90. The molecule has 0 bridgehead atoms. The van der Waals surface area contributed by atoms with Crippen LogP contribution in [0.3, 0.4) is 0 Å². The third-order valence-electron chi connectivity index (χ3n) is 2.16. The highest BCUT2D eigenvalue weighted by Gasteiger charge is 2.05. The number of ether oxygens (including phenoxy) is 1. The van der Waals surface area contributed by atoms with Crippen molar-refractivity contribution in [1.82, 2.24) is 0 Å². The highest BCUT2D eigenvalue weighted by atomic mass is 16.6. The minimum Gasteiger partial charge on any atom is -0.465 e. The second kappa shape index (κ2) is 4.18. The minimum absolute atomic E-state index is 0.608. The van der Waals surface area contributed by atoms with Gasteiger partial charge in [0.05, 0.1) is 6.61 Å². The molecule has 0 aromatic carbocycles. The van der Waals surface area contributed by atoms with E-state index >= 15 is 0 Å². The monoisotopic (exact) mass is 190 g/mol. The molecule has 0 aromatic rings. The van der Waals surface area contributed by atoms with E-state index in [0.717, 1.165) is 30.8 Å². The Morgan fingerprint density at radius 2 is 2.14 bits per heavy atom. The van der Waals surface area contributed by atoms with Gasteiger partial charge in [-0.1, -0.05) is 25.5 Å². The van der Waals surface area contributed by atoms with Gasteiger partial charge >= 0.3 is 0 Å². The van der Waals surface area contributed by atoms with Crippen molar-refractivity contribution >= 4 is 0 Å². The number of hydrogen-bond acceptors (Lipinski definition) is 2. The first kappa shape index (κ1) is 9.13. The Morgan fingerprint density at radius 3 is 3.00 bits per heavy atom. The van der Waals surface area contributed by atoms with Gasteiger partial charge in [-0.25, -0.2) is 0 Å². The van der Waals surface area contributed by atoms with Crippen LogP contribution in [0.4, 0.5) is 0 Å². The summed E-state index contributed by atoms with van der Waals surface area (Å²) in [7, 11) is 0. The summed E-state index contributed by atoms with van der Waals surface area (Å²) in [6.45, 7) is 2.87. The molecule has 2 aliphatic rings. The molecule has 74 valence electrons. The molecule has 2 nitrogen and oxygen atoms in total. The Kier molecular flexibility index (Phi) is 2.73. The van der Waals surface area contributed by atoms with Crippen molar-refractivity contribution in [2.75, 3.05) is 6.61 Å². The van der Waals surface area contributed by atoms with Crippen LogP contribution in [0.1, 0.15) is 19.8 Å². The van der Waals surface area contributed by atoms with Crippen LogP contribution in [0.2, 0.25) is 0 Å². The molecule has 1 aliphatic heterocycles. The van der Waals surface area contributed by atoms with Crippen LogP contribution in [0.25, 0.3) is 11.3 Å². The Balaban J connectivity index is 2.07. The Labute approximate surface area is 83.8 Å². The zero-order chi connectivity index (χ0) is 9.80. The predicted octanol–water partition coefficient (Wildman–Crippen LogP) is 3.56. The van der Waals surface area contributed by atoms with Crippen molar-refractivity contribution in [1.29, 1.82) is 0 Å². The Hall–Kier alpha value is -1.44. The highest BCUT2D eigenvalue weighted by molar-refractivity contribution is 5.60.